The lowest BCUT2D eigenvalue weighted by molar-refractivity contribution is -0.137. The van der Waals surface area contributed by atoms with Crippen LogP contribution >= 0.6 is 11.3 Å². The molecule has 168 valence electrons. The fourth-order valence-electron chi connectivity index (χ4n) is 2.68. The maximum Gasteiger partial charge on any atom is 0.339 e. The number of nitrogens with zero attached hydrogens (tertiary/aromatic N) is 1. The van der Waals surface area contributed by atoms with E-state index in [1.54, 1.807) is 36.4 Å². The molecule has 0 fully saturated rings. The van der Waals surface area contributed by atoms with Gasteiger partial charge in [0, 0.05) is 19.0 Å². The highest BCUT2D eigenvalue weighted by atomic mass is 32.2. The number of esters is 1. The number of hydrogen-bond donors (Lipinski definition) is 0. The van der Waals surface area contributed by atoms with Crippen LogP contribution in [0.5, 0.6) is 5.75 Å². The van der Waals surface area contributed by atoms with Gasteiger partial charge < -0.3 is 9.47 Å². The topological polar surface area (TPSA) is 72.9 Å². The van der Waals surface area contributed by atoms with E-state index < -0.39 is 16.0 Å². The Bertz CT molecular complexity index is 1170. The molecule has 0 bridgehead atoms. The first-order chi connectivity index (χ1) is 15.3. The minimum atomic E-state index is -3.51. The van der Waals surface area contributed by atoms with Gasteiger partial charge in [-0.1, -0.05) is 18.2 Å². The third-order valence-electron chi connectivity index (χ3n) is 4.38. The van der Waals surface area contributed by atoms with Gasteiger partial charge in [-0.25, -0.2) is 21.9 Å². The fraction of sp³-hybridized carbons (Fsp3) is 0.174. The van der Waals surface area contributed by atoms with E-state index in [0.29, 0.717) is 16.9 Å². The van der Waals surface area contributed by atoms with Gasteiger partial charge in [0.15, 0.2) is 0 Å². The molecule has 1 aromatic heterocycles. The van der Waals surface area contributed by atoms with E-state index in [-0.39, 0.29) is 23.9 Å². The molecular formula is C23H22FNO5S2. The Hall–Kier alpha value is -3.01. The molecule has 3 rings (SSSR count). The van der Waals surface area contributed by atoms with Crippen molar-refractivity contribution in [2.75, 3.05) is 27.3 Å². The Kier molecular flexibility index (Phi) is 7.79. The summed E-state index contributed by atoms with van der Waals surface area (Å²) in [7, 11) is -0.584. The molecule has 0 aliphatic rings. The molecule has 0 N–H and O–H groups in total. The van der Waals surface area contributed by atoms with E-state index in [9.17, 15) is 17.6 Å². The monoisotopic (exact) mass is 475 g/mol. The first-order valence-electron chi connectivity index (χ1n) is 9.61. The first kappa shape index (κ1) is 23.6. The molecule has 3 aromatic rings. The average Bonchev–Trinajstić information content (AvgIpc) is 3.31. The summed E-state index contributed by atoms with van der Waals surface area (Å²) < 4.78 is 49.4. The van der Waals surface area contributed by atoms with Crippen LogP contribution < -0.4 is 4.74 Å². The van der Waals surface area contributed by atoms with E-state index >= 15 is 0 Å². The molecule has 1 heterocycles. The zero-order valence-corrected chi connectivity index (χ0v) is 19.2. The summed E-state index contributed by atoms with van der Waals surface area (Å²) >= 11 is 1.40. The van der Waals surface area contributed by atoms with Crippen molar-refractivity contribution in [3.63, 3.8) is 0 Å². The molecular weight excluding hydrogens is 453 g/mol. The zero-order valence-electron chi connectivity index (χ0n) is 17.5. The number of ether oxygens (including phenoxy) is 2. The van der Waals surface area contributed by atoms with E-state index in [1.807, 2.05) is 11.4 Å². The average molecular weight is 476 g/mol. The summed E-state index contributed by atoms with van der Waals surface area (Å²) in [4.78, 5) is 13.6. The molecule has 0 aliphatic carbocycles. The van der Waals surface area contributed by atoms with Crippen LogP contribution in [0, 0.1) is 5.82 Å². The third-order valence-corrected chi connectivity index (χ3v) is 7.11. The maximum absolute atomic E-state index is 13.2. The second-order valence-electron chi connectivity index (χ2n) is 6.83. The molecule has 0 saturated heterocycles. The van der Waals surface area contributed by atoms with Gasteiger partial charge in [0.1, 0.15) is 24.8 Å². The Morgan fingerprint density at radius 2 is 1.72 bits per heavy atom. The van der Waals surface area contributed by atoms with E-state index in [4.69, 9.17) is 9.47 Å². The summed E-state index contributed by atoms with van der Waals surface area (Å²) in [6, 6.07) is 15.5. The fourth-order valence-corrected chi connectivity index (χ4v) is 4.31. The van der Waals surface area contributed by atoms with Crippen molar-refractivity contribution in [1.29, 1.82) is 0 Å². The van der Waals surface area contributed by atoms with Crippen LogP contribution in [0.15, 0.2) is 70.9 Å². The number of benzene rings is 2. The number of rotatable bonds is 9. The van der Waals surface area contributed by atoms with E-state index in [2.05, 4.69) is 0 Å². The molecule has 0 unspecified atom stereocenters. The van der Waals surface area contributed by atoms with Crippen molar-refractivity contribution >= 4 is 39.0 Å². The lowest BCUT2D eigenvalue weighted by Gasteiger charge is -2.12. The summed E-state index contributed by atoms with van der Waals surface area (Å²) in [6.45, 7) is 0.0997. The smallest absolute Gasteiger partial charge is 0.339 e. The van der Waals surface area contributed by atoms with Crippen molar-refractivity contribution in [3.05, 3.63) is 82.3 Å². The number of sulfonamides is 1. The number of thiophene rings is 1. The van der Waals surface area contributed by atoms with E-state index in [0.717, 1.165) is 9.18 Å². The normalized spacial score (nSPS) is 12.1. The lowest BCUT2D eigenvalue weighted by atomic mass is 10.1. The summed E-state index contributed by atoms with van der Waals surface area (Å²) in [5, 5.41) is 1.85. The van der Waals surface area contributed by atoms with Gasteiger partial charge in [-0.3, -0.25) is 0 Å². The lowest BCUT2D eigenvalue weighted by Crippen LogP contribution is -2.22. The third kappa shape index (κ3) is 6.03. The predicted octanol–water partition coefficient (Wildman–Crippen LogP) is 4.30. The predicted molar refractivity (Wildman–Crippen MR) is 122 cm³/mol. The summed E-state index contributed by atoms with van der Waals surface area (Å²) in [5.74, 6) is -0.418. The molecule has 0 aliphatic heterocycles. The van der Waals surface area contributed by atoms with Gasteiger partial charge in [-0.2, -0.15) is 0 Å². The van der Waals surface area contributed by atoms with Crippen LogP contribution in [0.25, 0.3) is 11.6 Å². The Balaban J connectivity index is 1.59. The maximum atomic E-state index is 13.2. The standard InChI is InChI=1S/C23H22FNO5S2/c1-25(2)32(27,28)20-11-9-19(10-12-20)29-13-14-30-23(26)21(22-4-3-15-31-22)16-17-5-7-18(24)8-6-17/h3-12,15-16H,13-14H2,1-2H3/b21-16+. The van der Waals surface area contributed by atoms with Crippen LogP contribution in [0.2, 0.25) is 0 Å². The number of hydrogen-bond acceptors (Lipinski definition) is 6. The van der Waals surface area contributed by atoms with Crippen LogP contribution in [0.4, 0.5) is 4.39 Å². The minimum Gasteiger partial charge on any atom is -0.490 e. The highest BCUT2D eigenvalue weighted by Gasteiger charge is 2.17. The Morgan fingerprint density at radius 1 is 1.03 bits per heavy atom. The van der Waals surface area contributed by atoms with Gasteiger partial charge in [0.05, 0.1) is 10.5 Å². The number of carbonyl (C=O) groups is 1. The SMILES string of the molecule is CN(C)S(=O)(=O)c1ccc(OCCOC(=O)/C(=C/c2ccc(F)cc2)c2cccs2)cc1. The molecule has 32 heavy (non-hydrogen) atoms. The van der Waals surface area contributed by atoms with Gasteiger partial charge in [0.25, 0.3) is 0 Å². The van der Waals surface area contributed by atoms with Gasteiger partial charge in [-0.05, 0) is 59.5 Å². The number of halogens is 1. The van der Waals surface area contributed by atoms with Crippen LogP contribution in [0.1, 0.15) is 10.4 Å². The zero-order chi connectivity index (χ0) is 23.1. The molecule has 0 radical (unpaired) electrons. The summed E-state index contributed by atoms with van der Waals surface area (Å²) in [5.41, 5.74) is 1.04. The Labute approximate surface area is 190 Å². The molecule has 9 heteroatoms. The van der Waals surface area contributed by atoms with Crippen molar-refractivity contribution in [2.45, 2.75) is 4.90 Å². The molecule has 0 saturated carbocycles. The highest BCUT2D eigenvalue weighted by Crippen LogP contribution is 2.24. The van der Waals surface area contributed by atoms with Crippen molar-refractivity contribution < 1.29 is 27.1 Å². The highest BCUT2D eigenvalue weighted by molar-refractivity contribution is 7.89. The van der Waals surface area contributed by atoms with Crippen molar-refractivity contribution in [2.24, 2.45) is 0 Å². The largest absolute Gasteiger partial charge is 0.490 e. The quantitative estimate of drug-likeness (QED) is 0.262. The van der Waals surface area contributed by atoms with Crippen LogP contribution in [-0.2, 0) is 19.6 Å². The minimum absolute atomic E-state index is 0.00269. The van der Waals surface area contributed by atoms with E-state index in [1.165, 1.54) is 49.7 Å². The molecule has 0 amide bonds. The van der Waals surface area contributed by atoms with Crippen molar-refractivity contribution in [1.82, 2.24) is 4.31 Å². The van der Waals surface area contributed by atoms with Gasteiger partial charge in [-0.15, -0.1) is 11.3 Å². The van der Waals surface area contributed by atoms with Gasteiger partial charge in [0.2, 0.25) is 10.0 Å². The number of carbonyl (C=O) groups excluding carboxylic acids is 1. The molecule has 0 atom stereocenters. The second kappa shape index (κ2) is 10.5. The molecule has 6 nitrogen and oxygen atoms in total. The first-order valence-corrected chi connectivity index (χ1v) is 11.9. The van der Waals surface area contributed by atoms with Crippen LogP contribution in [-0.4, -0.2) is 46.0 Å². The molecule has 2 aromatic carbocycles. The Morgan fingerprint density at radius 3 is 2.31 bits per heavy atom. The second-order valence-corrected chi connectivity index (χ2v) is 9.93. The van der Waals surface area contributed by atoms with Gasteiger partial charge >= 0.3 is 5.97 Å². The van der Waals surface area contributed by atoms with Crippen molar-refractivity contribution in [3.8, 4) is 5.75 Å². The summed E-state index contributed by atoms with van der Waals surface area (Å²) in [6.07, 6.45) is 1.65. The van der Waals surface area contributed by atoms with Crippen LogP contribution in [0.3, 0.4) is 0 Å². The molecule has 0 spiro atoms.